The van der Waals surface area contributed by atoms with Crippen LogP contribution in [0.1, 0.15) is 37.7 Å². The standard InChI is InChI=1S/C14H14F3N3O2S.C13H16F3NO2S/c15-14(16,17)9-1-2-11-10(7-9)18-13(23-11)20-5-3-19(4-6-20)12(22)8-21;14-13(15,16)20(18,19)12-8-6-11(7-9-12)17-10-4-2-1-3-5-10/h1-2,7,21H,3-6,8H2;6-10,17H,1-5H2. The Morgan fingerprint density at radius 2 is 1.58 bits per heavy atom. The molecular weight excluding hydrogens is 622 g/mol. The highest BCUT2D eigenvalue weighted by Crippen LogP contribution is 2.35. The van der Waals surface area contributed by atoms with E-state index >= 15 is 0 Å². The highest BCUT2D eigenvalue weighted by molar-refractivity contribution is 7.92. The van der Waals surface area contributed by atoms with Gasteiger partial charge in [-0.05, 0) is 55.3 Å². The van der Waals surface area contributed by atoms with Gasteiger partial charge in [-0.25, -0.2) is 13.4 Å². The van der Waals surface area contributed by atoms with Crippen molar-refractivity contribution >= 4 is 48.1 Å². The molecule has 236 valence electrons. The van der Waals surface area contributed by atoms with Gasteiger partial charge >= 0.3 is 11.7 Å². The minimum absolute atomic E-state index is 0.314. The van der Waals surface area contributed by atoms with Crippen LogP contribution in [0.25, 0.3) is 10.2 Å². The number of carbonyl (C=O) groups is 1. The maximum Gasteiger partial charge on any atom is 0.501 e. The number of aliphatic hydroxyl groups is 1. The number of nitrogens with zero attached hydrogens (tertiary/aromatic N) is 3. The van der Waals surface area contributed by atoms with Crippen LogP contribution in [-0.4, -0.2) is 73.7 Å². The normalized spacial score (nSPS) is 17.0. The van der Waals surface area contributed by atoms with Gasteiger partial charge in [0, 0.05) is 37.9 Å². The van der Waals surface area contributed by atoms with Gasteiger partial charge in [0.15, 0.2) is 5.13 Å². The second kappa shape index (κ2) is 13.3. The van der Waals surface area contributed by atoms with E-state index in [-0.39, 0.29) is 5.91 Å². The van der Waals surface area contributed by atoms with Gasteiger partial charge in [0.2, 0.25) is 5.91 Å². The van der Waals surface area contributed by atoms with Crippen LogP contribution < -0.4 is 10.2 Å². The highest BCUT2D eigenvalue weighted by atomic mass is 32.2. The molecule has 0 unspecified atom stereocenters. The van der Waals surface area contributed by atoms with Crippen LogP contribution in [0.15, 0.2) is 47.4 Å². The number of aliphatic hydroxyl groups excluding tert-OH is 1. The summed E-state index contributed by atoms with van der Waals surface area (Å²) >= 11 is 1.33. The maximum atomic E-state index is 12.7. The van der Waals surface area contributed by atoms with E-state index in [1.165, 1.54) is 36.0 Å². The molecule has 1 amide bonds. The van der Waals surface area contributed by atoms with Crippen LogP contribution >= 0.6 is 11.3 Å². The largest absolute Gasteiger partial charge is 0.501 e. The van der Waals surface area contributed by atoms with Crippen LogP contribution in [0, 0.1) is 0 Å². The summed E-state index contributed by atoms with van der Waals surface area (Å²) in [5.74, 6) is -0.316. The van der Waals surface area contributed by atoms with Gasteiger partial charge in [-0.3, -0.25) is 4.79 Å². The molecule has 3 aromatic rings. The molecule has 43 heavy (non-hydrogen) atoms. The molecule has 2 heterocycles. The second-order valence-corrected chi connectivity index (χ2v) is 13.1. The number of thiazole rings is 1. The number of carbonyl (C=O) groups excluding carboxylic acids is 1. The summed E-state index contributed by atoms with van der Waals surface area (Å²) in [6, 6.07) is 8.62. The predicted molar refractivity (Wildman–Crippen MR) is 151 cm³/mol. The number of hydrogen-bond acceptors (Lipinski definition) is 8. The molecule has 1 aliphatic heterocycles. The van der Waals surface area contributed by atoms with Gasteiger partial charge in [0.1, 0.15) is 6.61 Å². The number of benzene rings is 2. The zero-order chi connectivity index (χ0) is 31.4. The number of hydrogen-bond donors (Lipinski definition) is 2. The zero-order valence-electron chi connectivity index (χ0n) is 22.8. The summed E-state index contributed by atoms with van der Waals surface area (Å²) < 4.78 is 98.5. The highest BCUT2D eigenvalue weighted by Gasteiger charge is 2.46. The van der Waals surface area contributed by atoms with Gasteiger partial charge in [-0.1, -0.05) is 30.6 Å². The van der Waals surface area contributed by atoms with Gasteiger partial charge in [0.25, 0.3) is 9.84 Å². The fourth-order valence-electron chi connectivity index (χ4n) is 4.82. The number of piperazine rings is 1. The third-order valence-corrected chi connectivity index (χ3v) is 9.79. The Bertz CT molecular complexity index is 1500. The molecule has 0 bridgehead atoms. The lowest BCUT2D eigenvalue weighted by Crippen LogP contribution is -2.49. The summed E-state index contributed by atoms with van der Waals surface area (Å²) in [5.41, 5.74) is -4.99. The first-order valence-corrected chi connectivity index (χ1v) is 15.8. The van der Waals surface area contributed by atoms with E-state index in [9.17, 15) is 39.6 Å². The molecule has 2 fully saturated rings. The topological polar surface area (TPSA) is 103 Å². The second-order valence-electron chi connectivity index (χ2n) is 10.2. The molecule has 1 aromatic heterocycles. The van der Waals surface area contributed by atoms with Crippen molar-refractivity contribution < 1.29 is 44.7 Å². The number of halogens is 6. The molecule has 5 rings (SSSR count). The van der Waals surface area contributed by atoms with Crippen LogP contribution in [0.5, 0.6) is 0 Å². The summed E-state index contributed by atoms with van der Waals surface area (Å²) in [6.45, 7) is 1.49. The average Bonchev–Trinajstić information content (AvgIpc) is 3.41. The Labute approximate surface area is 248 Å². The number of sulfone groups is 1. The van der Waals surface area contributed by atoms with Crippen molar-refractivity contribution in [1.82, 2.24) is 9.88 Å². The number of alkyl halides is 6. The van der Waals surface area contributed by atoms with Crippen molar-refractivity contribution in [3.05, 3.63) is 48.0 Å². The molecule has 1 aliphatic carbocycles. The van der Waals surface area contributed by atoms with E-state index in [4.69, 9.17) is 5.11 Å². The molecule has 2 N–H and O–H groups in total. The number of fused-ring (bicyclic) bond motifs is 1. The first-order chi connectivity index (χ1) is 20.2. The van der Waals surface area contributed by atoms with E-state index < -0.39 is 38.6 Å². The Balaban J connectivity index is 0.000000199. The van der Waals surface area contributed by atoms with Gasteiger partial charge in [-0.15, -0.1) is 0 Å². The monoisotopic (exact) mass is 652 g/mol. The Kier molecular flexibility index (Phi) is 10.1. The summed E-state index contributed by atoms with van der Waals surface area (Å²) in [7, 11) is -5.25. The van der Waals surface area contributed by atoms with Gasteiger partial charge in [-0.2, -0.15) is 26.3 Å². The number of rotatable bonds is 5. The van der Waals surface area contributed by atoms with Crippen LogP contribution in [0.2, 0.25) is 0 Å². The van der Waals surface area contributed by atoms with E-state index in [2.05, 4.69) is 10.3 Å². The zero-order valence-corrected chi connectivity index (χ0v) is 24.4. The van der Waals surface area contributed by atoms with Crippen molar-refractivity contribution in [3.8, 4) is 0 Å². The summed E-state index contributed by atoms with van der Waals surface area (Å²) in [6.07, 6.45) is 1.16. The fourth-order valence-corrected chi connectivity index (χ4v) is 6.58. The molecule has 2 aromatic carbocycles. The van der Waals surface area contributed by atoms with Crippen molar-refractivity contribution in [1.29, 1.82) is 0 Å². The Morgan fingerprint density at radius 3 is 2.14 bits per heavy atom. The predicted octanol–water partition coefficient (Wildman–Crippen LogP) is 5.68. The molecule has 1 saturated heterocycles. The molecule has 0 spiro atoms. The van der Waals surface area contributed by atoms with Crippen LogP contribution in [0.3, 0.4) is 0 Å². The first kappa shape index (κ1) is 32.8. The Hall–Kier alpha value is -3.11. The molecule has 2 aliphatic rings. The molecule has 16 heteroatoms. The van der Waals surface area contributed by atoms with Gasteiger partial charge < -0.3 is 20.2 Å². The molecule has 0 radical (unpaired) electrons. The van der Waals surface area contributed by atoms with E-state index in [1.54, 1.807) is 4.90 Å². The minimum Gasteiger partial charge on any atom is -0.387 e. The third-order valence-electron chi connectivity index (χ3n) is 7.19. The molecular formula is C27H30F6N4O4S2. The lowest BCUT2D eigenvalue weighted by atomic mass is 9.95. The SMILES string of the molecule is O=C(CO)N1CCN(c2nc3cc(C(F)(F)F)ccc3s2)CC1.O=S(=O)(c1ccc(NC2CCCCC2)cc1)C(F)(F)F. The fraction of sp³-hybridized carbons (Fsp3) is 0.481. The first-order valence-electron chi connectivity index (χ1n) is 13.5. The van der Waals surface area contributed by atoms with Crippen LogP contribution in [0.4, 0.5) is 37.2 Å². The van der Waals surface area contributed by atoms with Crippen molar-refractivity contribution in [3.63, 3.8) is 0 Å². The van der Waals surface area contributed by atoms with Crippen molar-refractivity contribution in [2.75, 3.05) is 43.0 Å². The van der Waals surface area contributed by atoms with E-state index in [0.29, 0.717) is 53.3 Å². The number of nitrogens with one attached hydrogen (secondary N) is 1. The van der Waals surface area contributed by atoms with Crippen molar-refractivity contribution in [2.24, 2.45) is 0 Å². The van der Waals surface area contributed by atoms with Crippen LogP contribution in [-0.2, 0) is 20.8 Å². The lowest BCUT2D eigenvalue weighted by Gasteiger charge is -2.34. The van der Waals surface area contributed by atoms with Crippen molar-refractivity contribution in [2.45, 2.75) is 54.7 Å². The summed E-state index contributed by atoms with van der Waals surface area (Å²) in [4.78, 5) is 18.5. The third kappa shape index (κ3) is 8.09. The molecule has 8 nitrogen and oxygen atoms in total. The summed E-state index contributed by atoms with van der Waals surface area (Å²) in [5, 5.41) is 12.7. The minimum atomic E-state index is -5.26. The number of aromatic nitrogens is 1. The molecule has 0 atom stereocenters. The smallest absolute Gasteiger partial charge is 0.387 e. The van der Waals surface area contributed by atoms with E-state index in [1.807, 2.05) is 4.90 Å². The van der Waals surface area contributed by atoms with E-state index in [0.717, 1.165) is 49.9 Å². The number of anilines is 2. The van der Waals surface area contributed by atoms with Gasteiger partial charge in [0.05, 0.1) is 20.7 Å². The quantitative estimate of drug-likeness (QED) is 0.342. The maximum absolute atomic E-state index is 12.7. The lowest BCUT2D eigenvalue weighted by molar-refractivity contribution is -0.137. The number of amides is 1. The Morgan fingerprint density at radius 1 is 0.953 bits per heavy atom. The molecule has 1 saturated carbocycles. The average molecular weight is 653 g/mol.